The zero-order valence-corrected chi connectivity index (χ0v) is 10.1. The van der Waals surface area contributed by atoms with Crippen LogP contribution in [0.2, 0.25) is 0 Å². The first-order valence-corrected chi connectivity index (χ1v) is 5.41. The molecule has 0 aliphatic heterocycles. The number of aromatic nitrogens is 1. The van der Waals surface area contributed by atoms with Crippen molar-refractivity contribution in [1.82, 2.24) is 4.98 Å². The smallest absolute Gasteiger partial charge is 0.261 e. The molecular weight excluding hydrogens is 215 g/mol. The molecule has 1 aromatic heterocycles. The van der Waals surface area contributed by atoms with Crippen LogP contribution in [0.1, 0.15) is 39.0 Å². The number of alkyl halides is 3. The van der Waals surface area contributed by atoms with Crippen molar-refractivity contribution in [3.8, 4) is 0 Å². The van der Waals surface area contributed by atoms with Crippen molar-refractivity contribution in [2.75, 3.05) is 0 Å². The molecule has 0 aromatic carbocycles. The molecule has 1 nitrogen and oxygen atoms in total. The summed E-state index contributed by atoms with van der Waals surface area (Å²) in [6.45, 7) is 8.00. The lowest BCUT2D eigenvalue weighted by Gasteiger charge is -2.07. The van der Waals surface area contributed by atoms with Crippen LogP contribution in [-0.4, -0.2) is 4.98 Å². The van der Waals surface area contributed by atoms with Crippen molar-refractivity contribution in [2.24, 2.45) is 5.92 Å². The first kappa shape index (κ1) is 14.9. The third-order valence-electron chi connectivity index (χ3n) is 1.77. The summed E-state index contributed by atoms with van der Waals surface area (Å²) in [5.74, 6) is 0.402. The molecule has 0 saturated carbocycles. The van der Waals surface area contributed by atoms with Crippen LogP contribution in [0.3, 0.4) is 0 Å². The summed E-state index contributed by atoms with van der Waals surface area (Å²) in [4.78, 5) is 3.77. The highest BCUT2D eigenvalue weighted by Crippen LogP contribution is 2.28. The van der Waals surface area contributed by atoms with Gasteiger partial charge in [-0.2, -0.15) is 13.2 Å². The van der Waals surface area contributed by atoms with Crippen molar-refractivity contribution < 1.29 is 13.2 Å². The van der Waals surface area contributed by atoms with Crippen molar-refractivity contribution in [3.63, 3.8) is 0 Å². The number of hydrogen-bond acceptors (Lipinski definition) is 1. The quantitative estimate of drug-likeness (QED) is 0.741. The first-order valence-electron chi connectivity index (χ1n) is 5.41. The van der Waals surface area contributed by atoms with Crippen LogP contribution < -0.4 is 0 Å². The normalized spacial score (nSPS) is 11.0. The van der Waals surface area contributed by atoms with E-state index in [-0.39, 0.29) is 0 Å². The van der Waals surface area contributed by atoms with Gasteiger partial charge in [0.1, 0.15) is 0 Å². The molecule has 1 rings (SSSR count). The molecule has 0 radical (unpaired) electrons. The van der Waals surface area contributed by atoms with Crippen molar-refractivity contribution in [2.45, 2.75) is 40.3 Å². The van der Waals surface area contributed by atoms with E-state index in [0.717, 1.165) is 12.3 Å². The van der Waals surface area contributed by atoms with E-state index in [2.05, 4.69) is 4.98 Å². The maximum absolute atomic E-state index is 12.1. The molecule has 0 atom stereocenters. The second-order valence-electron chi connectivity index (χ2n) is 3.63. The summed E-state index contributed by atoms with van der Waals surface area (Å²) in [5.41, 5.74) is 0.0120. The molecular formula is C12H18F3N. The van der Waals surface area contributed by atoms with E-state index in [1.807, 2.05) is 27.7 Å². The third kappa shape index (κ3) is 5.14. The lowest BCUT2D eigenvalue weighted by Crippen LogP contribution is -2.06. The standard InChI is InChI=1S/C10H12F3N.C2H6/c1-7(2)5-9-4-3-8(6-14-9)10(11,12)13;1-2/h3-4,6-7H,5H2,1-2H3;1-2H3. The third-order valence-corrected chi connectivity index (χ3v) is 1.77. The van der Waals surface area contributed by atoms with E-state index in [1.54, 1.807) is 0 Å². The number of pyridine rings is 1. The summed E-state index contributed by atoms with van der Waals surface area (Å²) < 4.78 is 36.4. The number of rotatable bonds is 2. The monoisotopic (exact) mass is 233 g/mol. The average molecular weight is 233 g/mol. The molecule has 92 valence electrons. The molecule has 1 aromatic rings. The fraction of sp³-hybridized carbons (Fsp3) is 0.583. The molecule has 0 fully saturated rings. The van der Waals surface area contributed by atoms with Gasteiger partial charge in [-0.3, -0.25) is 4.98 Å². The zero-order chi connectivity index (χ0) is 12.8. The highest BCUT2D eigenvalue weighted by molar-refractivity contribution is 5.17. The van der Waals surface area contributed by atoms with E-state index >= 15 is 0 Å². The highest BCUT2D eigenvalue weighted by atomic mass is 19.4. The van der Waals surface area contributed by atoms with E-state index in [1.165, 1.54) is 6.07 Å². The fourth-order valence-electron chi connectivity index (χ4n) is 1.13. The predicted molar refractivity (Wildman–Crippen MR) is 59.1 cm³/mol. The molecule has 4 heteroatoms. The lowest BCUT2D eigenvalue weighted by molar-refractivity contribution is -0.137. The summed E-state index contributed by atoms with van der Waals surface area (Å²) in [7, 11) is 0. The maximum atomic E-state index is 12.1. The minimum atomic E-state index is -4.29. The van der Waals surface area contributed by atoms with Gasteiger partial charge in [-0.25, -0.2) is 0 Å². The molecule has 0 spiro atoms. The second-order valence-corrected chi connectivity index (χ2v) is 3.63. The van der Waals surface area contributed by atoms with Gasteiger partial charge in [0.2, 0.25) is 0 Å². The van der Waals surface area contributed by atoms with Crippen LogP contribution in [-0.2, 0) is 12.6 Å². The van der Waals surface area contributed by atoms with Crippen molar-refractivity contribution in [3.05, 3.63) is 29.6 Å². The number of nitrogens with zero attached hydrogens (tertiary/aromatic N) is 1. The molecule has 0 unspecified atom stereocenters. The van der Waals surface area contributed by atoms with Gasteiger partial charge in [0.15, 0.2) is 0 Å². The zero-order valence-electron chi connectivity index (χ0n) is 10.1. The Morgan fingerprint density at radius 2 is 1.75 bits per heavy atom. The van der Waals surface area contributed by atoms with Crippen LogP contribution in [0.5, 0.6) is 0 Å². The molecule has 0 saturated heterocycles. The maximum Gasteiger partial charge on any atom is 0.417 e. The fourth-order valence-corrected chi connectivity index (χ4v) is 1.13. The summed E-state index contributed by atoms with van der Waals surface area (Å²) >= 11 is 0. The van der Waals surface area contributed by atoms with Gasteiger partial charge in [-0.15, -0.1) is 0 Å². The Morgan fingerprint density at radius 3 is 2.06 bits per heavy atom. The first-order chi connectivity index (χ1) is 7.39. The van der Waals surface area contributed by atoms with Gasteiger partial charge in [-0.1, -0.05) is 27.7 Å². The van der Waals surface area contributed by atoms with Crippen LogP contribution >= 0.6 is 0 Å². The highest BCUT2D eigenvalue weighted by Gasteiger charge is 2.30. The molecule has 0 aliphatic carbocycles. The Balaban J connectivity index is 0.00000106. The van der Waals surface area contributed by atoms with E-state index in [4.69, 9.17) is 0 Å². The van der Waals surface area contributed by atoms with Gasteiger partial charge in [0.05, 0.1) is 5.56 Å². The van der Waals surface area contributed by atoms with Gasteiger partial charge in [0, 0.05) is 11.9 Å². The van der Waals surface area contributed by atoms with Crippen LogP contribution in [0.25, 0.3) is 0 Å². The largest absolute Gasteiger partial charge is 0.417 e. The van der Waals surface area contributed by atoms with Crippen LogP contribution in [0.15, 0.2) is 18.3 Å². The molecule has 0 amide bonds. The summed E-state index contributed by atoms with van der Waals surface area (Å²) in [5, 5.41) is 0. The van der Waals surface area contributed by atoms with Gasteiger partial charge >= 0.3 is 6.18 Å². The SMILES string of the molecule is CC.CC(C)Cc1ccc(C(F)(F)F)cn1. The van der Waals surface area contributed by atoms with E-state index in [9.17, 15) is 13.2 Å². The van der Waals surface area contributed by atoms with Crippen LogP contribution in [0, 0.1) is 5.92 Å². The molecule has 1 heterocycles. The topological polar surface area (TPSA) is 12.9 Å². The van der Waals surface area contributed by atoms with Gasteiger partial charge in [-0.05, 0) is 24.5 Å². The van der Waals surface area contributed by atoms with E-state index in [0.29, 0.717) is 18.0 Å². The number of halogens is 3. The second kappa shape index (κ2) is 6.51. The summed E-state index contributed by atoms with van der Waals surface area (Å²) in [6, 6.07) is 2.51. The van der Waals surface area contributed by atoms with Crippen molar-refractivity contribution >= 4 is 0 Å². The average Bonchev–Trinajstić information content (AvgIpc) is 2.19. The Kier molecular flexibility index (Phi) is 6.08. The number of hydrogen-bond donors (Lipinski definition) is 0. The molecule has 16 heavy (non-hydrogen) atoms. The minimum Gasteiger partial charge on any atom is -0.261 e. The van der Waals surface area contributed by atoms with Crippen molar-refractivity contribution in [1.29, 1.82) is 0 Å². The Hall–Kier alpha value is -1.06. The molecule has 0 bridgehead atoms. The van der Waals surface area contributed by atoms with Gasteiger partial charge < -0.3 is 0 Å². The van der Waals surface area contributed by atoms with E-state index < -0.39 is 11.7 Å². The Morgan fingerprint density at radius 1 is 1.19 bits per heavy atom. The minimum absolute atomic E-state index is 0.402. The predicted octanol–water partition coefficient (Wildman–Crippen LogP) is 4.33. The van der Waals surface area contributed by atoms with Crippen LogP contribution in [0.4, 0.5) is 13.2 Å². The lowest BCUT2D eigenvalue weighted by atomic mass is 10.1. The van der Waals surface area contributed by atoms with Gasteiger partial charge in [0.25, 0.3) is 0 Å². The summed E-state index contributed by atoms with van der Waals surface area (Å²) in [6.07, 6.45) is -2.70. The Bertz CT molecular complexity index is 288. The molecule has 0 N–H and O–H groups in total. The Labute approximate surface area is 94.7 Å². The molecule has 0 aliphatic rings.